The smallest absolute Gasteiger partial charge is 0.123 e. The zero-order valence-electron chi connectivity index (χ0n) is 8.60. The Morgan fingerprint density at radius 1 is 1.47 bits per heavy atom. The highest BCUT2D eigenvalue weighted by Crippen LogP contribution is 2.21. The van der Waals surface area contributed by atoms with Crippen molar-refractivity contribution in [3.05, 3.63) is 24.4 Å². The van der Waals surface area contributed by atoms with Crippen LogP contribution in [-0.4, -0.2) is 29.0 Å². The van der Waals surface area contributed by atoms with Crippen LogP contribution in [0, 0.1) is 0 Å². The lowest BCUT2D eigenvalue weighted by atomic mass is 10.2. The van der Waals surface area contributed by atoms with E-state index in [1.165, 1.54) is 0 Å². The van der Waals surface area contributed by atoms with Gasteiger partial charge in [-0.25, -0.2) is 0 Å². The van der Waals surface area contributed by atoms with Crippen molar-refractivity contribution in [3.8, 4) is 5.75 Å². The highest BCUT2D eigenvalue weighted by molar-refractivity contribution is 5.80. The predicted molar refractivity (Wildman–Crippen MR) is 58.0 cm³/mol. The summed E-state index contributed by atoms with van der Waals surface area (Å²) in [7, 11) is 1.94. The van der Waals surface area contributed by atoms with Gasteiger partial charge in [0.15, 0.2) is 0 Å². The molecule has 0 radical (unpaired) electrons. The van der Waals surface area contributed by atoms with E-state index in [-0.39, 0.29) is 0 Å². The first kappa shape index (κ1) is 8.73. The number of rotatable bonds is 2. The van der Waals surface area contributed by atoms with Crippen molar-refractivity contribution < 1.29 is 4.74 Å². The molecule has 0 amide bonds. The third-order valence-corrected chi connectivity index (χ3v) is 2.76. The summed E-state index contributed by atoms with van der Waals surface area (Å²) in [6.45, 7) is 1.90. The van der Waals surface area contributed by atoms with Crippen molar-refractivity contribution in [2.24, 2.45) is 7.05 Å². The second-order valence-corrected chi connectivity index (χ2v) is 3.89. The minimum Gasteiger partial charge on any atom is -0.488 e. The van der Waals surface area contributed by atoms with E-state index in [0.29, 0.717) is 6.10 Å². The fraction of sp³-hybridized carbons (Fsp3) is 0.364. The van der Waals surface area contributed by atoms with Crippen molar-refractivity contribution in [2.45, 2.75) is 6.10 Å². The van der Waals surface area contributed by atoms with E-state index < -0.39 is 0 Å². The first-order valence-corrected chi connectivity index (χ1v) is 5.12. The molecule has 4 heteroatoms. The summed E-state index contributed by atoms with van der Waals surface area (Å²) in [6, 6.07) is 6.09. The number of ether oxygens (including phenoxy) is 1. The highest BCUT2D eigenvalue weighted by Gasteiger charge is 2.18. The summed E-state index contributed by atoms with van der Waals surface area (Å²) < 4.78 is 7.63. The van der Waals surface area contributed by atoms with Gasteiger partial charge in [0.05, 0.1) is 11.7 Å². The van der Waals surface area contributed by atoms with Gasteiger partial charge in [0, 0.05) is 25.5 Å². The SMILES string of the molecule is Cn1ncc2cc(OC3CNC3)ccc21. The van der Waals surface area contributed by atoms with Gasteiger partial charge in [-0.05, 0) is 18.2 Å². The Morgan fingerprint density at radius 2 is 2.33 bits per heavy atom. The standard InChI is InChI=1S/C11H13N3O/c1-14-11-3-2-9(4-8(11)5-13-14)15-10-6-12-7-10/h2-5,10,12H,6-7H2,1H3. The molecule has 1 aliphatic heterocycles. The molecule has 3 rings (SSSR count). The zero-order valence-corrected chi connectivity index (χ0v) is 8.60. The fourth-order valence-corrected chi connectivity index (χ4v) is 1.75. The van der Waals surface area contributed by atoms with Gasteiger partial charge < -0.3 is 10.1 Å². The van der Waals surface area contributed by atoms with Gasteiger partial charge in [0.25, 0.3) is 0 Å². The molecule has 1 aliphatic rings. The van der Waals surface area contributed by atoms with Crippen LogP contribution in [0.15, 0.2) is 24.4 Å². The van der Waals surface area contributed by atoms with Crippen molar-refractivity contribution in [3.63, 3.8) is 0 Å². The molecule has 1 aromatic heterocycles. The van der Waals surface area contributed by atoms with Gasteiger partial charge in [-0.15, -0.1) is 0 Å². The Kier molecular flexibility index (Phi) is 1.89. The zero-order chi connectivity index (χ0) is 10.3. The molecule has 0 aliphatic carbocycles. The quantitative estimate of drug-likeness (QED) is 0.789. The number of aryl methyl sites for hydroxylation is 1. The fourth-order valence-electron chi connectivity index (χ4n) is 1.75. The van der Waals surface area contributed by atoms with Gasteiger partial charge >= 0.3 is 0 Å². The first-order valence-electron chi connectivity index (χ1n) is 5.12. The van der Waals surface area contributed by atoms with E-state index in [1.807, 2.05) is 36.1 Å². The molecule has 1 aromatic carbocycles. The molecule has 2 aromatic rings. The normalized spacial score (nSPS) is 16.6. The summed E-state index contributed by atoms with van der Waals surface area (Å²) in [5.41, 5.74) is 1.13. The van der Waals surface area contributed by atoms with E-state index >= 15 is 0 Å². The van der Waals surface area contributed by atoms with Gasteiger partial charge in [0.2, 0.25) is 0 Å². The Hall–Kier alpha value is -1.55. The maximum absolute atomic E-state index is 5.77. The van der Waals surface area contributed by atoms with Crippen LogP contribution in [0.1, 0.15) is 0 Å². The van der Waals surface area contributed by atoms with E-state index in [4.69, 9.17) is 4.74 Å². The third-order valence-electron chi connectivity index (χ3n) is 2.76. The minimum atomic E-state index is 0.333. The average molecular weight is 203 g/mol. The first-order chi connectivity index (χ1) is 7.33. The van der Waals surface area contributed by atoms with E-state index in [1.54, 1.807) is 0 Å². The molecular weight excluding hydrogens is 190 g/mol. The minimum absolute atomic E-state index is 0.333. The largest absolute Gasteiger partial charge is 0.488 e. The third kappa shape index (κ3) is 1.47. The Labute approximate surface area is 87.8 Å². The van der Waals surface area contributed by atoms with Crippen LogP contribution in [-0.2, 0) is 7.05 Å². The number of hydrogen-bond donors (Lipinski definition) is 1. The molecule has 1 saturated heterocycles. The van der Waals surface area contributed by atoms with Crippen LogP contribution in [0.5, 0.6) is 5.75 Å². The number of nitrogens with zero attached hydrogens (tertiary/aromatic N) is 2. The molecule has 0 atom stereocenters. The molecule has 15 heavy (non-hydrogen) atoms. The molecule has 1 N–H and O–H groups in total. The lowest BCUT2D eigenvalue weighted by Gasteiger charge is -2.27. The molecule has 78 valence electrons. The average Bonchev–Trinajstić information content (AvgIpc) is 2.54. The van der Waals surface area contributed by atoms with Crippen LogP contribution in [0.4, 0.5) is 0 Å². The molecule has 1 fully saturated rings. The van der Waals surface area contributed by atoms with Gasteiger partial charge in [0.1, 0.15) is 11.9 Å². The molecular formula is C11H13N3O. The predicted octanol–water partition coefficient (Wildman–Crippen LogP) is 0.924. The number of benzene rings is 1. The summed E-state index contributed by atoms with van der Waals surface area (Å²) in [6.07, 6.45) is 2.19. The van der Waals surface area contributed by atoms with E-state index in [2.05, 4.69) is 10.4 Å². The molecule has 2 heterocycles. The molecule has 0 spiro atoms. The van der Waals surface area contributed by atoms with Gasteiger partial charge in [-0.2, -0.15) is 5.10 Å². The summed E-state index contributed by atoms with van der Waals surface area (Å²) >= 11 is 0. The lowest BCUT2D eigenvalue weighted by molar-refractivity contribution is 0.142. The van der Waals surface area contributed by atoms with Crippen molar-refractivity contribution in [1.29, 1.82) is 0 Å². The second kappa shape index (κ2) is 3.24. The highest BCUT2D eigenvalue weighted by atomic mass is 16.5. The number of aromatic nitrogens is 2. The number of fused-ring (bicyclic) bond motifs is 1. The Bertz CT molecular complexity index is 488. The van der Waals surface area contributed by atoms with Crippen LogP contribution >= 0.6 is 0 Å². The molecule has 0 bridgehead atoms. The second-order valence-electron chi connectivity index (χ2n) is 3.89. The van der Waals surface area contributed by atoms with Crippen LogP contribution in [0.25, 0.3) is 10.9 Å². The Morgan fingerprint density at radius 3 is 3.07 bits per heavy atom. The summed E-state index contributed by atoms with van der Waals surface area (Å²) in [5, 5.41) is 8.51. The number of hydrogen-bond acceptors (Lipinski definition) is 3. The van der Waals surface area contributed by atoms with Gasteiger partial charge in [-0.3, -0.25) is 4.68 Å². The van der Waals surface area contributed by atoms with Crippen LogP contribution in [0.3, 0.4) is 0 Å². The molecule has 0 saturated carbocycles. The van der Waals surface area contributed by atoms with Crippen LogP contribution < -0.4 is 10.1 Å². The monoisotopic (exact) mass is 203 g/mol. The van der Waals surface area contributed by atoms with Crippen LogP contribution in [0.2, 0.25) is 0 Å². The van der Waals surface area contributed by atoms with Crippen molar-refractivity contribution >= 4 is 10.9 Å². The maximum atomic E-state index is 5.77. The maximum Gasteiger partial charge on any atom is 0.123 e. The summed E-state index contributed by atoms with van der Waals surface area (Å²) in [5.74, 6) is 0.932. The molecule has 0 unspecified atom stereocenters. The summed E-state index contributed by atoms with van der Waals surface area (Å²) in [4.78, 5) is 0. The lowest BCUT2D eigenvalue weighted by Crippen LogP contribution is -2.50. The van der Waals surface area contributed by atoms with Crippen molar-refractivity contribution in [2.75, 3.05) is 13.1 Å². The van der Waals surface area contributed by atoms with Crippen molar-refractivity contribution in [1.82, 2.24) is 15.1 Å². The topological polar surface area (TPSA) is 39.1 Å². The van der Waals surface area contributed by atoms with E-state index in [9.17, 15) is 0 Å². The molecule has 4 nitrogen and oxygen atoms in total. The number of nitrogens with one attached hydrogen (secondary N) is 1. The van der Waals surface area contributed by atoms with E-state index in [0.717, 1.165) is 29.7 Å². The van der Waals surface area contributed by atoms with Gasteiger partial charge in [-0.1, -0.05) is 0 Å². The Balaban J connectivity index is 1.91.